The zero-order chi connectivity index (χ0) is 13.4. The fraction of sp³-hybridized carbons (Fsp3) is 0.600. The van der Waals surface area contributed by atoms with Crippen molar-refractivity contribution in [3.05, 3.63) is 29.3 Å². The van der Waals surface area contributed by atoms with Crippen LogP contribution >= 0.6 is 0 Å². The summed E-state index contributed by atoms with van der Waals surface area (Å²) in [5, 5.41) is 3.36. The number of aryl methyl sites for hydroxylation is 2. The van der Waals surface area contributed by atoms with Crippen molar-refractivity contribution in [2.75, 3.05) is 26.8 Å². The van der Waals surface area contributed by atoms with Crippen LogP contribution in [0.5, 0.6) is 5.75 Å². The molecule has 0 bridgehead atoms. The van der Waals surface area contributed by atoms with Crippen molar-refractivity contribution in [2.45, 2.75) is 33.3 Å². The van der Waals surface area contributed by atoms with Crippen LogP contribution in [0.2, 0.25) is 0 Å². The molecule has 0 fully saturated rings. The summed E-state index contributed by atoms with van der Waals surface area (Å²) in [4.78, 5) is 0. The van der Waals surface area contributed by atoms with E-state index < -0.39 is 0 Å². The number of hydrogen-bond donors (Lipinski definition) is 1. The van der Waals surface area contributed by atoms with Crippen LogP contribution in [0.15, 0.2) is 18.2 Å². The van der Waals surface area contributed by atoms with Gasteiger partial charge in [-0.05, 0) is 57.0 Å². The largest absolute Gasteiger partial charge is 0.489 e. The second kappa shape index (κ2) is 8.11. The van der Waals surface area contributed by atoms with Gasteiger partial charge in [0.2, 0.25) is 0 Å². The van der Waals surface area contributed by atoms with E-state index in [2.05, 4.69) is 44.3 Å². The van der Waals surface area contributed by atoms with Gasteiger partial charge in [-0.1, -0.05) is 6.07 Å². The summed E-state index contributed by atoms with van der Waals surface area (Å²) in [5.41, 5.74) is 2.48. The molecule has 0 aliphatic carbocycles. The molecule has 0 radical (unpaired) electrons. The third-order valence-corrected chi connectivity index (χ3v) is 2.67. The Bertz CT molecular complexity index is 332. The standard InChI is InChI=1S/C15H25NO2/c1-12-8-13(2)10-15(9-12)18-14(3)11-16-6-5-7-17-4/h8-10,14,16H,5-7,11H2,1-4H3. The van der Waals surface area contributed by atoms with E-state index >= 15 is 0 Å². The highest BCUT2D eigenvalue weighted by molar-refractivity contribution is 5.33. The first-order chi connectivity index (χ1) is 8.61. The quantitative estimate of drug-likeness (QED) is 0.721. The summed E-state index contributed by atoms with van der Waals surface area (Å²) in [7, 11) is 1.73. The van der Waals surface area contributed by atoms with E-state index in [1.54, 1.807) is 7.11 Å². The predicted molar refractivity (Wildman–Crippen MR) is 75.4 cm³/mol. The van der Waals surface area contributed by atoms with Gasteiger partial charge in [-0.3, -0.25) is 0 Å². The lowest BCUT2D eigenvalue weighted by Crippen LogP contribution is -2.30. The molecule has 0 aromatic heterocycles. The van der Waals surface area contributed by atoms with Gasteiger partial charge in [0.15, 0.2) is 0 Å². The Morgan fingerprint density at radius 1 is 1.17 bits per heavy atom. The van der Waals surface area contributed by atoms with E-state index in [4.69, 9.17) is 9.47 Å². The minimum Gasteiger partial charge on any atom is -0.489 e. The normalized spacial score (nSPS) is 12.4. The van der Waals surface area contributed by atoms with Crippen LogP contribution in [0.4, 0.5) is 0 Å². The van der Waals surface area contributed by atoms with Gasteiger partial charge in [0.1, 0.15) is 11.9 Å². The lowest BCUT2D eigenvalue weighted by atomic mass is 10.1. The maximum absolute atomic E-state index is 5.89. The molecule has 0 aliphatic heterocycles. The molecule has 3 heteroatoms. The Kier molecular flexibility index (Phi) is 6.76. The van der Waals surface area contributed by atoms with Crippen molar-refractivity contribution in [3.63, 3.8) is 0 Å². The van der Waals surface area contributed by atoms with Crippen LogP contribution in [0.3, 0.4) is 0 Å². The van der Waals surface area contributed by atoms with Gasteiger partial charge < -0.3 is 14.8 Å². The molecule has 0 aliphatic rings. The Balaban J connectivity index is 2.28. The number of hydrogen-bond acceptors (Lipinski definition) is 3. The topological polar surface area (TPSA) is 30.5 Å². The van der Waals surface area contributed by atoms with Gasteiger partial charge in [-0.25, -0.2) is 0 Å². The highest BCUT2D eigenvalue weighted by Crippen LogP contribution is 2.17. The molecule has 1 unspecified atom stereocenters. The molecule has 0 saturated carbocycles. The number of nitrogens with one attached hydrogen (secondary N) is 1. The lowest BCUT2D eigenvalue weighted by Gasteiger charge is -2.16. The number of ether oxygens (including phenoxy) is 2. The highest BCUT2D eigenvalue weighted by Gasteiger charge is 2.04. The molecule has 0 amide bonds. The third-order valence-electron chi connectivity index (χ3n) is 2.67. The summed E-state index contributed by atoms with van der Waals surface area (Å²) in [6, 6.07) is 6.31. The molecule has 1 N–H and O–H groups in total. The first-order valence-electron chi connectivity index (χ1n) is 6.56. The van der Waals surface area contributed by atoms with Crippen molar-refractivity contribution in [2.24, 2.45) is 0 Å². The highest BCUT2D eigenvalue weighted by atomic mass is 16.5. The second-order valence-corrected chi connectivity index (χ2v) is 4.80. The summed E-state index contributed by atoms with van der Waals surface area (Å²) in [6.45, 7) is 8.90. The third kappa shape index (κ3) is 6.03. The summed E-state index contributed by atoms with van der Waals surface area (Å²) >= 11 is 0. The van der Waals surface area contributed by atoms with Crippen LogP contribution in [-0.2, 0) is 4.74 Å². The predicted octanol–water partition coefficient (Wildman–Crippen LogP) is 2.70. The van der Waals surface area contributed by atoms with Gasteiger partial charge in [-0.2, -0.15) is 0 Å². The van der Waals surface area contributed by atoms with Crippen molar-refractivity contribution in [1.82, 2.24) is 5.32 Å². The first-order valence-corrected chi connectivity index (χ1v) is 6.56. The van der Waals surface area contributed by atoms with Crippen LogP contribution in [0.1, 0.15) is 24.5 Å². The van der Waals surface area contributed by atoms with Gasteiger partial charge in [0, 0.05) is 20.3 Å². The zero-order valence-corrected chi connectivity index (χ0v) is 12.0. The monoisotopic (exact) mass is 251 g/mol. The van der Waals surface area contributed by atoms with Crippen LogP contribution in [-0.4, -0.2) is 32.9 Å². The average Bonchev–Trinajstić information content (AvgIpc) is 2.27. The summed E-state index contributed by atoms with van der Waals surface area (Å²) < 4.78 is 10.9. The maximum atomic E-state index is 5.89. The van der Waals surface area contributed by atoms with Gasteiger partial charge >= 0.3 is 0 Å². The minimum atomic E-state index is 0.175. The number of rotatable bonds is 8. The molecule has 0 saturated heterocycles. The first kappa shape index (κ1) is 15.0. The van der Waals surface area contributed by atoms with Crippen molar-refractivity contribution < 1.29 is 9.47 Å². The van der Waals surface area contributed by atoms with E-state index in [0.29, 0.717) is 0 Å². The van der Waals surface area contributed by atoms with Crippen molar-refractivity contribution in [3.8, 4) is 5.75 Å². The van der Waals surface area contributed by atoms with Crippen LogP contribution in [0.25, 0.3) is 0 Å². The Labute approximate surface area is 110 Å². The number of methoxy groups -OCH3 is 1. The zero-order valence-electron chi connectivity index (χ0n) is 12.0. The maximum Gasteiger partial charge on any atom is 0.120 e. The minimum absolute atomic E-state index is 0.175. The molecule has 0 heterocycles. The van der Waals surface area contributed by atoms with Gasteiger partial charge in [0.25, 0.3) is 0 Å². The molecule has 1 rings (SSSR count). The molecular formula is C15H25NO2. The summed E-state index contributed by atoms with van der Waals surface area (Å²) in [5.74, 6) is 0.957. The average molecular weight is 251 g/mol. The van der Waals surface area contributed by atoms with Crippen LogP contribution in [0, 0.1) is 13.8 Å². The molecule has 18 heavy (non-hydrogen) atoms. The van der Waals surface area contributed by atoms with E-state index in [1.165, 1.54) is 11.1 Å². The fourth-order valence-corrected chi connectivity index (χ4v) is 1.92. The SMILES string of the molecule is COCCCNCC(C)Oc1cc(C)cc(C)c1. The number of benzene rings is 1. The van der Waals surface area contributed by atoms with Crippen molar-refractivity contribution in [1.29, 1.82) is 0 Å². The molecule has 1 aromatic carbocycles. The molecular weight excluding hydrogens is 226 g/mol. The van der Waals surface area contributed by atoms with E-state index in [-0.39, 0.29) is 6.10 Å². The van der Waals surface area contributed by atoms with Crippen LogP contribution < -0.4 is 10.1 Å². The Morgan fingerprint density at radius 3 is 2.44 bits per heavy atom. The molecule has 0 spiro atoms. The van der Waals surface area contributed by atoms with Gasteiger partial charge in [0.05, 0.1) is 0 Å². The Morgan fingerprint density at radius 2 is 1.83 bits per heavy atom. The molecule has 1 aromatic rings. The van der Waals surface area contributed by atoms with Crippen molar-refractivity contribution >= 4 is 0 Å². The fourth-order valence-electron chi connectivity index (χ4n) is 1.92. The van der Waals surface area contributed by atoms with E-state index in [0.717, 1.165) is 31.9 Å². The molecule has 3 nitrogen and oxygen atoms in total. The second-order valence-electron chi connectivity index (χ2n) is 4.80. The van der Waals surface area contributed by atoms with Gasteiger partial charge in [-0.15, -0.1) is 0 Å². The smallest absolute Gasteiger partial charge is 0.120 e. The van der Waals surface area contributed by atoms with E-state index in [9.17, 15) is 0 Å². The summed E-state index contributed by atoms with van der Waals surface area (Å²) in [6.07, 6.45) is 1.21. The molecule has 102 valence electrons. The Hall–Kier alpha value is -1.06. The molecule has 1 atom stereocenters. The lowest BCUT2D eigenvalue weighted by molar-refractivity contribution is 0.188. The van der Waals surface area contributed by atoms with E-state index in [1.807, 2.05) is 0 Å².